The van der Waals surface area contributed by atoms with Crippen molar-refractivity contribution in [2.24, 2.45) is 21.7 Å². The molecule has 130 valence electrons. The Bertz CT molecular complexity index is 386. The molecule has 0 aromatic carbocycles. The summed E-state index contributed by atoms with van der Waals surface area (Å²) in [6, 6.07) is 0. The van der Waals surface area contributed by atoms with Crippen molar-refractivity contribution in [3.63, 3.8) is 0 Å². The molecule has 0 aromatic heterocycles. The number of rotatable bonds is 1. The number of allylic oxidation sites excluding steroid dienone is 4. The van der Waals surface area contributed by atoms with Crippen LogP contribution >= 0.6 is 23.2 Å². The summed E-state index contributed by atoms with van der Waals surface area (Å²) < 4.78 is 0. The average Bonchev–Trinajstić information content (AvgIpc) is 2.06. The SMILES string of the molecule is CC(C)(C)C(=C(Cl)C(Cl)=C(C(C)(C)C)C(C)(C)C)C(C)(C)C. The second-order valence-corrected chi connectivity index (χ2v) is 11.1. The minimum atomic E-state index is -0.0314. The quantitative estimate of drug-likeness (QED) is 0.420. The van der Waals surface area contributed by atoms with E-state index in [1.807, 2.05) is 0 Å². The summed E-state index contributed by atoms with van der Waals surface area (Å²) in [5, 5.41) is 1.45. The second-order valence-electron chi connectivity index (χ2n) is 10.4. The number of hydrogen-bond acceptors (Lipinski definition) is 0. The fourth-order valence-corrected chi connectivity index (χ4v) is 5.11. The molecule has 0 radical (unpaired) electrons. The zero-order chi connectivity index (χ0) is 18.3. The summed E-state index contributed by atoms with van der Waals surface area (Å²) >= 11 is 13.7. The number of halogens is 2. The maximum absolute atomic E-state index is 6.86. The van der Waals surface area contributed by atoms with Gasteiger partial charge >= 0.3 is 0 Å². The molecule has 0 spiro atoms. The van der Waals surface area contributed by atoms with Crippen molar-refractivity contribution in [1.29, 1.82) is 0 Å². The van der Waals surface area contributed by atoms with E-state index in [9.17, 15) is 0 Å². The van der Waals surface area contributed by atoms with Crippen molar-refractivity contribution >= 4 is 23.2 Å². The molecule has 0 bridgehead atoms. The van der Waals surface area contributed by atoms with Crippen LogP contribution in [-0.2, 0) is 0 Å². The molecule has 22 heavy (non-hydrogen) atoms. The first-order valence-electron chi connectivity index (χ1n) is 8.13. The van der Waals surface area contributed by atoms with Crippen LogP contribution < -0.4 is 0 Å². The van der Waals surface area contributed by atoms with Gasteiger partial charge in [-0.05, 0) is 32.8 Å². The van der Waals surface area contributed by atoms with Gasteiger partial charge in [0.05, 0.1) is 10.1 Å². The molecule has 2 heteroatoms. The molecule has 0 aromatic rings. The molecule has 0 unspecified atom stereocenters. The highest BCUT2D eigenvalue weighted by Crippen LogP contribution is 2.49. The molecular formula is C20H36Cl2. The molecule has 0 aliphatic carbocycles. The van der Waals surface area contributed by atoms with Crippen molar-refractivity contribution in [3.05, 3.63) is 21.2 Å². The Morgan fingerprint density at radius 3 is 0.636 bits per heavy atom. The van der Waals surface area contributed by atoms with E-state index in [4.69, 9.17) is 23.2 Å². The topological polar surface area (TPSA) is 0 Å². The third kappa shape index (κ3) is 5.60. The molecule has 0 nitrogen and oxygen atoms in total. The molecule has 0 fully saturated rings. The lowest BCUT2D eigenvalue weighted by atomic mass is 9.69. The average molecular weight is 347 g/mol. The van der Waals surface area contributed by atoms with Gasteiger partial charge in [-0.25, -0.2) is 0 Å². The van der Waals surface area contributed by atoms with Gasteiger partial charge in [0.1, 0.15) is 0 Å². The van der Waals surface area contributed by atoms with E-state index in [-0.39, 0.29) is 21.7 Å². The van der Waals surface area contributed by atoms with Gasteiger partial charge in [-0.2, -0.15) is 0 Å². The maximum Gasteiger partial charge on any atom is 0.0594 e. The van der Waals surface area contributed by atoms with Gasteiger partial charge < -0.3 is 0 Å². The number of hydrogen-bond donors (Lipinski definition) is 0. The van der Waals surface area contributed by atoms with Crippen LogP contribution in [0, 0.1) is 21.7 Å². The third-order valence-corrected chi connectivity index (χ3v) is 4.48. The normalized spacial score (nSPS) is 13.9. The summed E-state index contributed by atoms with van der Waals surface area (Å²) in [4.78, 5) is 0. The van der Waals surface area contributed by atoms with Crippen LogP contribution in [0.1, 0.15) is 83.1 Å². The Morgan fingerprint density at radius 1 is 0.409 bits per heavy atom. The van der Waals surface area contributed by atoms with Gasteiger partial charge in [0.2, 0.25) is 0 Å². The maximum atomic E-state index is 6.86. The second kappa shape index (κ2) is 6.52. The fraction of sp³-hybridized carbons (Fsp3) is 0.800. The van der Waals surface area contributed by atoms with Crippen molar-refractivity contribution in [3.8, 4) is 0 Å². The predicted molar refractivity (Wildman–Crippen MR) is 104 cm³/mol. The van der Waals surface area contributed by atoms with E-state index >= 15 is 0 Å². The smallest absolute Gasteiger partial charge is 0.0594 e. The standard InChI is InChI=1S/C20H36Cl2/c1-17(2,3)15(18(4,5)6)13(21)14(22)16(19(7,8)9)20(10,11)12/h1-12H3. The molecule has 0 amide bonds. The van der Waals surface area contributed by atoms with E-state index in [1.165, 1.54) is 11.1 Å². The molecule has 0 heterocycles. The van der Waals surface area contributed by atoms with Crippen LogP contribution in [-0.4, -0.2) is 0 Å². The first kappa shape index (κ1) is 22.1. The van der Waals surface area contributed by atoms with E-state index in [0.29, 0.717) is 0 Å². The van der Waals surface area contributed by atoms with Gasteiger partial charge in [-0.1, -0.05) is 106 Å². The van der Waals surface area contributed by atoms with E-state index < -0.39 is 0 Å². The van der Waals surface area contributed by atoms with Crippen LogP contribution in [0.4, 0.5) is 0 Å². The molecule has 0 N–H and O–H groups in total. The Labute approximate surface area is 149 Å². The van der Waals surface area contributed by atoms with E-state index in [2.05, 4.69) is 83.1 Å². The fourth-order valence-electron chi connectivity index (χ4n) is 3.79. The lowest BCUT2D eigenvalue weighted by Crippen LogP contribution is -2.26. The summed E-state index contributed by atoms with van der Waals surface area (Å²) in [7, 11) is 0. The van der Waals surface area contributed by atoms with Crippen LogP contribution in [0.15, 0.2) is 21.2 Å². The highest BCUT2D eigenvalue weighted by Gasteiger charge is 2.36. The van der Waals surface area contributed by atoms with E-state index in [1.54, 1.807) is 0 Å². The van der Waals surface area contributed by atoms with Crippen molar-refractivity contribution in [1.82, 2.24) is 0 Å². The molecule has 0 aliphatic rings. The Morgan fingerprint density at radius 2 is 0.545 bits per heavy atom. The molecule has 0 saturated carbocycles. The summed E-state index contributed by atoms with van der Waals surface area (Å²) in [6.45, 7) is 26.4. The lowest BCUT2D eigenvalue weighted by molar-refractivity contribution is 0.353. The van der Waals surface area contributed by atoms with Crippen LogP contribution in [0.25, 0.3) is 0 Å². The largest absolute Gasteiger partial charge is 0.0827 e. The molecule has 0 atom stereocenters. The highest BCUT2D eigenvalue weighted by atomic mass is 35.5. The molecular weight excluding hydrogens is 311 g/mol. The van der Waals surface area contributed by atoms with Crippen LogP contribution in [0.3, 0.4) is 0 Å². The molecule has 0 rings (SSSR count). The third-order valence-electron chi connectivity index (χ3n) is 3.63. The van der Waals surface area contributed by atoms with Crippen molar-refractivity contribution in [2.45, 2.75) is 83.1 Å². The first-order chi connectivity index (χ1) is 9.31. The minimum Gasteiger partial charge on any atom is -0.0827 e. The summed E-state index contributed by atoms with van der Waals surface area (Å²) in [5.41, 5.74) is 2.29. The Kier molecular flexibility index (Phi) is 6.54. The molecule has 0 aliphatic heterocycles. The Balaban J connectivity index is 6.73. The minimum absolute atomic E-state index is 0.0314. The van der Waals surface area contributed by atoms with E-state index in [0.717, 1.165) is 10.1 Å². The first-order valence-corrected chi connectivity index (χ1v) is 8.88. The summed E-state index contributed by atoms with van der Waals surface area (Å²) in [6.07, 6.45) is 0. The monoisotopic (exact) mass is 346 g/mol. The lowest BCUT2D eigenvalue weighted by Gasteiger charge is -2.38. The van der Waals surface area contributed by atoms with Gasteiger partial charge in [-0.3, -0.25) is 0 Å². The molecule has 0 saturated heterocycles. The summed E-state index contributed by atoms with van der Waals surface area (Å²) in [5.74, 6) is 0. The Hall–Kier alpha value is 0.0600. The zero-order valence-corrected chi connectivity index (χ0v) is 18.3. The van der Waals surface area contributed by atoms with Crippen LogP contribution in [0.5, 0.6) is 0 Å². The predicted octanol–water partition coefficient (Wildman–Crippen LogP) is 8.16. The van der Waals surface area contributed by atoms with Gasteiger partial charge in [-0.15, -0.1) is 0 Å². The van der Waals surface area contributed by atoms with Crippen molar-refractivity contribution in [2.75, 3.05) is 0 Å². The van der Waals surface area contributed by atoms with Gasteiger partial charge in [0.25, 0.3) is 0 Å². The van der Waals surface area contributed by atoms with Gasteiger partial charge in [0.15, 0.2) is 0 Å². The zero-order valence-electron chi connectivity index (χ0n) is 16.8. The van der Waals surface area contributed by atoms with Crippen LogP contribution in [0.2, 0.25) is 0 Å². The van der Waals surface area contributed by atoms with Crippen molar-refractivity contribution < 1.29 is 0 Å². The highest BCUT2D eigenvalue weighted by molar-refractivity contribution is 6.44. The van der Waals surface area contributed by atoms with Gasteiger partial charge in [0, 0.05) is 0 Å².